The van der Waals surface area contributed by atoms with Gasteiger partial charge in [0.15, 0.2) is 17.5 Å². The summed E-state index contributed by atoms with van der Waals surface area (Å²) in [4.78, 5) is 0. The molecule has 0 radical (unpaired) electrons. The van der Waals surface area contributed by atoms with E-state index in [4.69, 9.17) is 5.73 Å². The summed E-state index contributed by atoms with van der Waals surface area (Å²) in [5, 5.41) is 10.7. The molecule has 0 aliphatic heterocycles. The molecule has 0 unspecified atom stereocenters. The molecule has 2 rings (SSSR count). The van der Waals surface area contributed by atoms with Gasteiger partial charge in [0.05, 0.1) is 5.69 Å². The summed E-state index contributed by atoms with van der Waals surface area (Å²) in [6.45, 7) is 1.80. The van der Waals surface area contributed by atoms with Crippen molar-refractivity contribution in [3.05, 3.63) is 29.6 Å². The first-order chi connectivity index (χ1) is 7.65. The molecular formula is C9H9F2N5. The third-order valence-corrected chi connectivity index (χ3v) is 2.16. The van der Waals surface area contributed by atoms with Crippen molar-refractivity contribution in [1.29, 1.82) is 0 Å². The number of tetrazole rings is 1. The standard InChI is InChI=1S/C9H9F2N5/c1-2-7-13-14-15-16(7)9-6(12)4-3-5(10)8(9)11/h3-4H,2,12H2,1H3. The summed E-state index contributed by atoms with van der Waals surface area (Å²) >= 11 is 0. The minimum absolute atomic E-state index is 0.0842. The van der Waals surface area contributed by atoms with Gasteiger partial charge in [0, 0.05) is 6.42 Å². The first-order valence-corrected chi connectivity index (χ1v) is 4.66. The fourth-order valence-electron chi connectivity index (χ4n) is 1.37. The van der Waals surface area contributed by atoms with E-state index in [1.54, 1.807) is 6.92 Å². The van der Waals surface area contributed by atoms with Gasteiger partial charge in [-0.2, -0.15) is 4.68 Å². The molecule has 0 bridgehead atoms. The summed E-state index contributed by atoms with van der Waals surface area (Å²) in [7, 11) is 0. The SMILES string of the molecule is CCc1nnnn1-c1c(N)ccc(F)c1F. The fraction of sp³-hybridized carbons (Fsp3) is 0.222. The fourth-order valence-corrected chi connectivity index (χ4v) is 1.37. The Hall–Kier alpha value is -2.05. The molecule has 84 valence electrons. The maximum atomic E-state index is 13.6. The van der Waals surface area contributed by atoms with Crippen LogP contribution in [0.2, 0.25) is 0 Å². The number of rotatable bonds is 2. The third-order valence-electron chi connectivity index (χ3n) is 2.16. The lowest BCUT2D eigenvalue weighted by Gasteiger charge is -2.08. The van der Waals surface area contributed by atoms with Gasteiger partial charge in [0.2, 0.25) is 0 Å². The van der Waals surface area contributed by atoms with Crippen LogP contribution in [-0.2, 0) is 6.42 Å². The van der Waals surface area contributed by atoms with E-state index in [0.717, 1.165) is 10.7 Å². The second-order valence-electron chi connectivity index (χ2n) is 3.16. The molecule has 0 spiro atoms. The first kappa shape index (κ1) is 10.5. The van der Waals surface area contributed by atoms with Gasteiger partial charge < -0.3 is 5.73 Å². The Bertz CT molecular complexity index is 523. The highest BCUT2D eigenvalue weighted by Gasteiger charge is 2.17. The van der Waals surface area contributed by atoms with E-state index in [1.807, 2.05) is 0 Å². The third kappa shape index (κ3) is 1.50. The highest BCUT2D eigenvalue weighted by molar-refractivity contribution is 5.58. The predicted octanol–water partition coefficient (Wildman–Crippen LogP) is 1.09. The number of nitrogens with two attached hydrogens (primary N) is 1. The quantitative estimate of drug-likeness (QED) is 0.776. The van der Waals surface area contributed by atoms with Crippen molar-refractivity contribution in [2.75, 3.05) is 5.73 Å². The molecular weight excluding hydrogens is 216 g/mol. The van der Waals surface area contributed by atoms with Crippen molar-refractivity contribution in [3.63, 3.8) is 0 Å². The van der Waals surface area contributed by atoms with Gasteiger partial charge in [-0.1, -0.05) is 6.92 Å². The zero-order valence-electron chi connectivity index (χ0n) is 8.48. The molecule has 0 aliphatic rings. The van der Waals surface area contributed by atoms with Crippen LogP contribution >= 0.6 is 0 Å². The summed E-state index contributed by atoms with van der Waals surface area (Å²) in [5.41, 5.74) is 5.52. The van der Waals surface area contributed by atoms with Crippen molar-refractivity contribution in [2.24, 2.45) is 0 Å². The van der Waals surface area contributed by atoms with Crippen molar-refractivity contribution < 1.29 is 8.78 Å². The van der Waals surface area contributed by atoms with Gasteiger partial charge in [0.1, 0.15) is 5.69 Å². The van der Waals surface area contributed by atoms with Crippen LogP contribution in [0.4, 0.5) is 14.5 Å². The van der Waals surface area contributed by atoms with Gasteiger partial charge in [0.25, 0.3) is 0 Å². The van der Waals surface area contributed by atoms with E-state index < -0.39 is 11.6 Å². The second-order valence-corrected chi connectivity index (χ2v) is 3.16. The Morgan fingerprint density at radius 3 is 2.81 bits per heavy atom. The monoisotopic (exact) mass is 225 g/mol. The van der Waals surface area contributed by atoms with Crippen LogP contribution in [0, 0.1) is 11.6 Å². The average molecular weight is 225 g/mol. The van der Waals surface area contributed by atoms with Crippen LogP contribution in [0.1, 0.15) is 12.7 Å². The number of aromatic nitrogens is 4. The maximum absolute atomic E-state index is 13.6. The molecule has 0 amide bonds. The number of nitrogen functional groups attached to an aromatic ring is 1. The van der Waals surface area contributed by atoms with Crippen LogP contribution in [0.15, 0.2) is 12.1 Å². The van der Waals surface area contributed by atoms with Gasteiger partial charge in [-0.05, 0) is 22.6 Å². The lowest BCUT2D eigenvalue weighted by atomic mass is 10.2. The zero-order valence-corrected chi connectivity index (χ0v) is 8.48. The van der Waals surface area contributed by atoms with Crippen LogP contribution < -0.4 is 5.73 Å². The van der Waals surface area contributed by atoms with Crippen molar-refractivity contribution in [1.82, 2.24) is 20.2 Å². The molecule has 2 N–H and O–H groups in total. The second kappa shape index (κ2) is 3.84. The summed E-state index contributed by atoms with van der Waals surface area (Å²) in [5.74, 6) is -1.63. The van der Waals surface area contributed by atoms with E-state index in [9.17, 15) is 8.78 Å². The largest absolute Gasteiger partial charge is 0.397 e. The molecule has 0 saturated heterocycles. The van der Waals surface area contributed by atoms with E-state index >= 15 is 0 Å². The molecule has 0 saturated carbocycles. The highest BCUT2D eigenvalue weighted by atomic mass is 19.2. The molecule has 5 nitrogen and oxygen atoms in total. The van der Waals surface area contributed by atoms with Crippen LogP contribution in [0.3, 0.4) is 0 Å². The summed E-state index contributed by atoms with van der Waals surface area (Å²) in [6, 6.07) is 2.24. The highest BCUT2D eigenvalue weighted by Crippen LogP contribution is 2.23. The smallest absolute Gasteiger partial charge is 0.186 e. The van der Waals surface area contributed by atoms with Gasteiger partial charge in [-0.3, -0.25) is 0 Å². The maximum Gasteiger partial charge on any atom is 0.186 e. The molecule has 0 fully saturated rings. The number of halogens is 2. The lowest BCUT2D eigenvalue weighted by Crippen LogP contribution is -2.09. The molecule has 1 heterocycles. The number of nitrogens with zero attached hydrogens (tertiary/aromatic N) is 4. The van der Waals surface area contributed by atoms with E-state index in [-0.39, 0.29) is 11.4 Å². The van der Waals surface area contributed by atoms with Gasteiger partial charge in [-0.15, -0.1) is 5.10 Å². The molecule has 0 aliphatic carbocycles. The predicted molar refractivity (Wildman–Crippen MR) is 52.9 cm³/mol. The number of hydrogen-bond donors (Lipinski definition) is 1. The Morgan fingerprint density at radius 1 is 1.38 bits per heavy atom. The van der Waals surface area contributed by atoms with Crippen LogP contribution in [-0.4, -0.2) is 20.2 Å². The first-order valence-electron chi connectivity index (χ1n) is 4.66. The Balaban J connectivity index is 2.68. The Morgan fingerprint density at radius 2 is 2.12 bits per heavy atom. The van der Waals surface area contributed by atoms with Crippen molar-refractivity contribution in [2.45, 2.75) is 13.3 Å². The summed E-state index contributed by atoms with van der Waals surface area (Å²) in [6.07, 6.45) is 0.488. The van der Waals surface area contributed by atoms with E-state index in [0.29, 0.717) is 12.2 Å². The van der Waals surface area contributed by atoms with Crippen molar-refractivity contribution in [3.8, 4) is 5.69 Å². The zero-order chi connectivity index (χ0) is 11.7. The number of aryl methyl sites for hydroxylation is 1. The molecule has 7 heteroatoms. The number of anilines is 1. The molecule has 16 heavy (non-hydrogen) atoms. The Labute approximate surface area is 89.9 Å². The number of hydrogen-bond acceptors (Lipinski definition) is 4. The lowest BCUT2D eigenvalue weighted by molar-refractivity contribution is 0.500. The molecule has 1 aromatic carbocycles. The van der Waals surface area contributed by atoms with E-state index in [2.05, 4.69) is 15.5 Å². The normalized spacial score (nSPS) is 10.7. The van der Waals surface area contributed by atoms with Crippen LogP contribution in [0.5, 0.6) is 0 Å². The molecule has 1 aromatic heterocycles. The van der Waals surface area contributed by atoms with Crippen LogP contribution in [0.25, 0.3) is 5.69 Å². The topological polar surface area (TPSA) is 69.6 Å². The van der Waals surface area contributed by atoms with Gasteiger partial charge in [-0.25, -0.2) is 8.78 Å². The molecule has 0 atom stereocenters. The summed E-state index contributed by atoms with van der Waals surface area (Å²) < 4.78 is 27.7. The average Bonchev–Trinajstić information content (AvgIpc) is 2.72. The van der Waals surface area contributed by atoms with Gasteiger partial charge >= 0.3 is 0 Å². The van der Waals surface area contributed by atoms with E-state index in [1.165, 1.54) is 6.07 Å². The van der Waals surface area contributed by atoms with Crippen molar-refractivity contribution >= 4 is 5.69 Å². The Kier molecular flexibility index (Phi) is 2.51. The molecule has 2 aromatic rings. The minimum Gasteiger partial charge on any atom is -0.397 e. The number of benzene rings is 1. The minimum atomic E-state index is -1.05.